The van der Waals surface area contributed by atoms with Crippen LogP contribution in [0.4, 0.5) is 17.2 Å². The lowest BCUT2D eigenvalue weighted by atomic mass is 9.85. The van der Waals surface area contributed by atoms with E-state index >= 15 is 0 Å². The van der Waals surface area contributed by atoms with E-state index in [2.05, 4.69) is 21.3 Å². The molecule has 2 aromatic heterocycles. The number of imidazole rings is 1. The maximum Gasteiger partial charge on any atom is 0.198 e. The molecule has 0 bridgehead atoms. The van der Waals surface area contributed by atoms with E-state index in [0.717, 1.165) is 77.3 Å². The molecule has 190 valence electrons. The Kier molecular flexibility index (Phi) is 6.33. The summed E-state index contributed by atoms with van der Waals surface area (Å²) < 4.78 is 21.5. The van der Waals surface area contributed by atoms with Crippen LogP contribution >= 0.6 is 0 Å². The van der Waals surface area contributed by atoms with Gasteiger partial charge in [-0.25, -0.2) is 9.97 Å². The van der Waals surface area contributed by atoms with Gasteiger partial charge in [-0.15, -0.1) is 0 Å². The molecule has 3 aromatic rings. The number of fused-ring (bicyclic) bond motifs is 1. The molecule has 7 nitrogen and oxygen atoms in total. The molecule has 1 unspecified atom stereocenters. The zero-order chi connectivity index (χ0) is 24.7. The number of ether oxygens (including phenoxy) is 1. The van der Waals surface area contributed by atoms with Gasteiger partial charge < -0.3 is 24.1 Å². The molecule has 4 heterocycles. The highest BCUT2D eigenvalue weighted by Gasteiger charge is 2.53. The van der Waals surface area contributed by atoms with Gasteiger partial charge in [0.1, 0.15) is 22.0 Å². The third kappa shape index (κ3) is 4.24. The zero-order valence-corrected chi connectivity index (χ0v) is 22.1. The Hall–Kier alpha value is -2.71. The van der Waals surface area contributed by atoms with Gasteiger partial charge in [-0.3, -0.25) is 0 Å². The van der Waals surface area contributed by atoms with E-state index in [1.54, 1.807) is 13.4 Å². The number of hydrogen-bond donors (Lipinski definition) is 1. The van der Waals surface area contributed by atoms with Crippen LogP contribution in [0.5, 0.6) is 5.75 Å². The first-order valence-electron chi connectivity index (χ1n) is 13.2. The number of hydrogen-bond acceptors (Lipinski definition) is 6. The highest BCUT2D eigenvalue weighted by Crippen LogP contribution is 2.51. The number of benzene rings is 1. The molecule has 3 aliphatic rings. The molecule has 0 radical (unpaired) electrons. The molecule has 1 aromatic carbocycles. The molecule has 1 saturated carbocycles. The number of aromatic nitrogens is 3. The first kappa shape index (κ1) is 23.7. The van der Waals surface area contributed by atoms with E-state index in [1.165, 1.54) is 38.5 Å². The van der Waals surface area contributed by atoms with Crippen LogP contribution in [0.2, 0.25) is 0 Å². The van der Waals surface area contributed by atoms with Crippen molar-refractivity contribution >= 4 is 28.4 Å². The Balaban J connectivity index is 1.35. The largest absolute Gasteiger partial charge is 0.611 e. The van der Waals surface area contributed by atoms with E-state index in [9.17, 15) is 4.55 Å². The van der Waals surface area contributed by atoms with Crippen molar-refractivity contribution in [2.45, 2.75) is 74.4 Å². The second-order valence-corrected chi connectivity index (χ2v) is 12.3. The van der Waals surface area contributed by atoms with E-state index in [0.29, 0.717) is 0 Å². The molecule has 1 atom stereocenters. The van der Waals surface area contributed by atoms with Crippen LogP contribution in [0.15, 0.2) is 41.7 Å². The van der Waals surface area contributed by atoms with Crippen LogP contribution in [-0.4, -0.2) is 44.0 Å². The molecule has 1 spiro atoms. The van der Waals surface area contributed by atoms with Gasteiger partial charge in [0.2, 0.25) is 0 Å². The number of piperidine rings is 1. The molecule has 1 N–H and O–H groups in total. The smallest absolute Gasteiger partial charge is 0.198 e. The fraction of sp³-hybridized carbons (Fsp3) is 0.500. The molecule has 2 fully saturated rings. The monoisotopic (exact) mass is 505 g/mol. The topological polar surface area (TPSA) is 78.3 Å². The second-order valence-electron chi connectivity index (χ2n) is 10.5. The number of nitrogens with zero attached hydrogens (tertiary/aromatic N) is 4. The summed E-state index contributed by atoms with van der Waals surface area (Å²) in [5.41, 5.74) is 4.96. The Morgan fingerprint density at radius 3 is 2.53 bits per heavy atom. The minimum atomic E-state index is -0.999. The summed E-state index contributed by atoms with van der Waals surface area (Å²) in [5, 5.41) is 3.54. The van der Waals surface area contributed by atoms with Crippen molar-refractivity contribution in [3.8, 4) is 11.4 Å². The van der Waals surface area contributed by atoms with Gasteiger partial charge in [-0.05, 0) is 75.2 Å². The Morgan fingerprint density at radius 2 is 1.81 bits per heavy atom. The van der Waals surface area contributed by atoms with Gasteiger partial charge in [-0.1, -0.05) is 6.42 Å². The average molecular weight is 506 g/mol. The first-order chi connectivity index (χ1) is 17.6. The lowest BCUT2D eigenvalue weighted by Crippen LogP contribution is -2.39. The minimum absolute atomic E-state index is 0.120. The highest BCUT2D eigenvalue weighted by atomic mass is 32.2. The summed E-state index contributed by atoms with van der Waals surface area (Å²) in [5.74, 6) is 1.57. The quantitative estimate of drug-likeness (QED) is 0.449. The van der Waals surface area contributed by atoms with E-state index in [4.69, 9.17) is 9.72 Å². The van der Waals surface area contributed by atoms with Crippen molar-refractivity contribution in [2.24, 2.45) is 0 Å². The Bertz CT molecular complexity index is 1250. The van der Waals surface area contributed by atoms with Gasteiger partial charge in [0.15, 0.2) is 4.90 Å². The molecule has 8 heteroatoms. The summed E-state index contributed by atoms with van der Waals surface area (Å²) >= 11 is -0.999. The first-order valence-corrected chi connectivity index (χ1v) is 14.4. The predicted molar refractivity (Wildman–Crippen MR) is 144 cm³/mol. The average Bonchev–Trinajstić information content (AvgIpc) is 3.45. The maximum absolute atomic E-state index is 14.0. The fourth-order valence-electron chi connectivity index (χ4n) is 6.14. The van der Waals surface area contributed by atoms with Crippen molar-refractivity contribution in [3.05, 3.63) is 48.2 Å². The molecule has 36 heavy (non-hydrogen) atoms. The zero-order valence-electron chi connectivity index (χ0n) is 21.3. The highest BCUT2D eigenvalue weighted by molar-refractivity contribution is 7.93. The SMILES string of the molecule is COc1cc(Nc2cc(N3CCCCC3)c3c(n2)CC2(CCCCC2)[S+]3[O-])ccc1-n1cnc(C)c1. The minimum Gasteiger partial charge on any atom is -0.611 e. The molecular weight excluding hydrogens is 470 g/mol. The fourth-order valence-corrected chi connectivity index (χ4v) is 8.21. The third-order valence-corrected chi connectivity index (χ3v) is 10.2. The third-order valence-electron chi connectivity index (χ3n) is 8.00. The second kappa shape index (κ2) is 9.63. The predicted octanol–water partition coefficient (Wildman–Crippen LogP) is 5.68. The lowest BCUT2D eigenvalue weighted by molar-refractivity contribution is 0.377. The molecular formula is C28H35N5O2S. The molecule has 2 aliphatic heterocycles. The molecule has 6 rings (SSSR count). The van der Waals surface area contributed by atoms with Crippen molar-refractivity contribution < 1.29 is 9.29 Å². The Morgan fingerprint density at radius 1 is 1.03 bits per heavy atom. The summed E-state index contributed by atoms with van der Waals surface area (Å²) in [6.07, 6.45) is 13.9. The molecule has 0 amide bonds. The van der Waals surface area contributed by atoms with Crippen LogP contribution in [0.1, 0.15) is 62.8 Å². The maximum atomic E-state index is 14.0. The molecule has 1 aliphatic carbocycles. The number of methoxy groups -OCH3 is 1. The van der Waals surface area contributed by atoms with Crippen molar-refractivity contribution in [1.82, 2.24) is 14.5 Å². The summed E-state index contributed by atoms with van der Waals surface area (Å²) in [6.45, 7) is 4.02. The van der Waals surface area contributed by atoms with E-state index in [1.807, 2.05) is 35.9 Å². The lowest BCUT2D eigenvalue weighted by Gasteiger charge is -2.34. The van der Waals surface area contributed by atoms with Crippen molar-refractivity contribution in [3.63, 3.8) is 0 Å². The number of aryl methyl sites for hydroxylation is 1. The van der Waals surface area contributed by atoms with Gasteiger partial charge in [0.05, 0.1) is 30.5 Å². The van der Waals surface area contributed by atoms with Crippen LogP contribution in [0, 0.1) is 6.92 Å². The van der Waals surface area contributed by atoms with Crippen LogP contribution < -0.4 is 15.0 Å². The number of anilines is 3. The van der Waals surface area contributed by atoms with Crippen LogP contribution in [-0.2, 0) is 17.6 Å². The summed E-state index contributed by atoms with van der Waals surface area (Å²) in [6, 6.07) is 8.21. The number of pyridine rings is 1. The van der Waals surface area contributed by atoms with Crippen LogP contribution in [0.25, 0.3) is 5.69 Å². The van der Waals surface area contributed by atoms with Gasteiger partial charge >= 0.3 is 0 Å². The summed E-state index contributed by atoms with van der Waals surface area (Å²) in [4.78, 5) is 12.8. The van der Waals surface area contributed by atoms with E-state index in [-0.39, 0.29) is 4.75 Å². The van der Waals surface area contributed by atoms with Crippen LogP contribution in [0.3, 0.4) is 0 Å². The Labute approximate surface area is 216 Å². The standard InChI is InChI=1S/C28H35N5O2S/c1-20-18-33(19-29-20)23-10-9-21(15-25(23)35-2)30-26-16-24(32-13-7-4-8-14-32)27-22(31-26)17-28(36(27)34)11-5-3-6-12-28/h9-10,15-16,18-19H,3-8,11-14,17H2,1-2H3,(H,30,31). The van der Waals surface area contributed by atoms with Crippen molar-refractivity contribution in [2.75, 3.05) is 30.4 Å². The summed E-state index contributed by atoms with van der Waals surface area (Å²) in [7, 11) is 1.69. The normalized spacial score (nSPS) is 21.0. The number of rotatable bonds is 5. The van der Waals surface area contributed by atoms with Gasteiger partial charge in [0.25, 0.3) is 0 Å². The molecule has 1 saturated heterocycles. The van der Waals surface area contributed by atoms with Gasteiger partial charge in [0, 0.05) is 43.5 Å². The number of nitrogens with one attached hydrogen (secondary N) is 1. The van der Waals surface area contributed by atoms with Gasteiger partial charge in [-0.2, -0.15) is 0 Å². The van der Waals surface area contributed by atoms with E-state index < -0.39 is 11.2 Å². The van der Waals surface area contributed by atoms with Crippen molar-refractivity contribution in [1.29, 1.82) is 0 Å².